The zero-order chi connectivity index (χ0) is 100. The highest BCUT2D eigenvalue weighted by Gasteiger charge is 2.41. The molecule has 2 saturated heterocycles. The van der Waals surface area contributed by atoms with Crippen molar-refractivity contribution in [2.75, 3.05) is 40.1 Å². The second-order valence-electron chi connectivity index (χ2n) is 38.4. The largest absolute Gasteiger partial charge is 0.478 e. The van der Waals surface area contributed by atoms with E-state index in [1.54, 1.807) is 60.6 Å². The normalized spacial score (nSPS) is 14.5. The van der Waals surface area contributed by atoms with Crippen LogP contribution >= 0.6 is 58.0 Å². The molecule has 25 heteroatoms. The number of hydrogen-bond donors (Lipinski definition) is 7. The van der Waals surface area contributed by atoms with E-state index in [-0.39, 0.29) is 102 Å². The number of nitrogen functional groups attached to an aromatic ring is 1. The van der Waals surface area contributed by atoms with Gasteiger partial charge in [0, 0.05) is 77.6 Å². The molecular formula is C112H123Cl5N12O8. The predicted molar refractivity (Wildman–Crippen MR) is 559 cm³/mol. The van der Waals surface area contributed by atoms with Crippen molar-refractivity contribution in [3.8, 4) is 11.3 Å². The third kappa shape index (κ3) is 32.7. The second kappa shape index (κ2) is 49.8. The van der Waals surface area contributed by atoms with Crippen molar-refractivity contribution in [2.45, 2.75) is 183 Å². The molecule has 0 radical (unpaired) electrons. The van der Waals surface area contributed by atoms with Crippen LogP contribution in [0.3, 0.4) is 0 Å². The van der Waals surface area contributed by atoms with Gasteiger partial charge in [-0.3, -0.25) is 33.8 Å². The molecule has 8 aromatic carbocycles. The van der Waals surface area contributed by atoms with Crippen LogP contribution < -0.4 is 32.3 Å². The van der Waals surface area contributed by atoms with E-state index >= 15 is 0 Å². The summed E-state index contributed by atoms with van der Waals surface area (Å²) in [7, 11) is 0. The Morgan fingerprint density at radius 2 is 0.825 bits per heavy atom. The number of amides is 5. The number of aryl methyl sites for hydroxylation is 2. The zero-order valence-electron chi connectivity index (χ0n) is 80.7. The van der Waals surface area contributed by atoms with Crippen LogP contribution in [0.5, 0.6) is 0 Å². The van der Waals surface area contributed by atoms with Crippen LogP contribution in [-0.4, -0.2) is 88.8 Å². The summed E-state index contributed by atoms with van der Waals surface area (Å²) in [5.41, 5.74) is 22.8. The summed E-state index contributed by atoms with van der Waals surface area (Å²) in [6, 6.07) is 82.9. The fourth-order valence-electron chi connectivity index (χ4n) is 15.0. The van der Waals surface area contributed by atoms with Crippen molar-refractivity contribution in [1.29, 1.82) is 0 Å². The van der Waals surface area contributed by atoms with Gasteiger partial charge >= 0.3 is 5.97 Å². The number of likely N-dealkylation sites (tertiary alicyclic amines) is 1. The van der Waals surface area contributed by atoms with E-state index in [1.807, 2.05) is 177 Å². The van der Waals surface area contributed by atoms with E-state index in [0.717, 1.165) is 82.1 Å². The summed E-state index contributed by atoms with van der Waals surface area (Å²) in [4.78, 5) is 108. The Bertz CT molecular complexity index is 6270. The lowest BCUT2D eigenvalue weighted by molar-refractivity contribution is -0.123. The van der Waals surface area contributed by atoms with Crippen molar-refractivity contribution in [3.63, 3.8) is 0 Å². The number of benzene rings is 8. The standard InChI is InChI=1S/C29H32ClN3O2.C22H28N2O.C22H22N2O.C16H17ClN2O.C10H15N.C7H6ClNO2.C6H3Cl2NO/c1-19-16-22(30)18-31-25(19)28(35)33-15-9-14-24(26(33)20-10-6-5-7-11-20)27(34)32-23-13-8-12-21(17-23)29(2,3)4;2*1-22(2,3)17-11-7-12-18(15-17)24-21(25)19-13-8-14-23-20(19)16-9-5-4-6-10-16;1-16(2,3)11-6-4-7-12(10-11)19-15(20)13-8-5-9-18-14(13)17;1-10(2,3)8-5-4-6-9(11)7-8;1-4-2-6(8)9-3-5(4)7(10)11;7-5-4(6(8)10)2-1-3-9-5/h5-8,10-13,16-18,24,26H,9,14-15H2,1-4H3,(H,32,34);4-7,9-12,15,19-20,23H,8,13-14H2,1-3H3,(H,24,25);4-15H,1-3H3,(H,24,25);4-10H,1-3H3,(H,19,20);4-7H,11H2,1-3H3;2-3H,1H3,(H,10,11);1-3H/t24-,26-;19-,20-;;;;;/m00...../s1. The summed E-state index contributed by atoms with van der Waals surface area (Å²) < 4.78 is 0. The SMILES string of the molecule is CC(C)(C)c1cccc(N)c1.CC(C)(C)c1cccc(NC(=O)[C@H]2CCCN[C@H]2c2ccccc2)c1.CC(C)(C)c1cccc(NC(=O)c2cccnc2-c2ccccc2)c1.CC(C)(C)c1cccc(NC(=O)c2cccnc2Cl)c1.Cc1cc(Cl)cnc1C(=O)N1CCC[C@H](C(=O)Nc2cccc(C(C)(C)C)c2)[C@@H]1c1ccccc1.Cc1cc(Cl)ncc1C(=O)O.O=C(Cl)c1cccnc1Cl. The molecule has 7 heterocycles. The van der Waals surface area contributed by atoms with Crippen molar-refractivity contribution in [2.24, 2.45) is 11.8 Å². The summed E-state index contributed by atoms with van der Waals surface area (Å²) in [5, 5.41) is 24.8. The number of rotatable bonds is 14. The molecule has 15 rings (SSSR count). The van der Waals surface area contributed by atoms with Gasteiger partial charge in [-0.1, -0.05) is 302 Å². The van der Waals surface area contributed by atoms with Crippen molar-refractivity contribution in [3.05, 3.63) is 390 Å². The van der Waals surface area contributed by atoms with Crippen LogP contribution in [0, 0.1) is 25.7 Å². The molecule has 20 nitrogen and oxygen atoms in total. The number of pyridine rings is 5. The van der Waals surface area contributed by atoms with E-state index in [0.29, 0.717) is 51.2 Å². The molecule has 0 aliphatic carbocycles. The van der Waals surface area contributed by atoms with Crippen molar-refractivity contribution >= 4 is 127 Å². The van der Waals surface area contributed by atoms with E-state index in [2.05, 4.69) is 198 Å². The molecule has 2 aliphatic rings. The number of carboxylic acid groups (broad SMARTS) is 1. The number of piperidine rings is 2. The molecule has 2 aliphatic heterocycles. The van der Waals surface area contributed by atoms with Crippen LogP contribution in [0.25, 0.3) is 11.3 Å². The Morgan fingerprint density at radius 1 is 0.409 bits per heavy atom. The molecule has 2 fully saturated rings. The Kier molecular flexibility index (Phi) is 39.2. The number of carbonyl (C=O) groups excluding carboxylic acids is 6. The number of aromatic carboxylic acids is 1. The van der Waals surface area contributed by atoms with E-state index in [1.165, 1.54) is 53.0 Å². The maximum atomic E-state index is 13.7. The maximum absolute atomic E-state index is 13.7. The Morgan fingerprint density at radius 3 is 1.26 bits per heavy atom. The molecular weight excluding hydrogens is 1820 g/mol. The van der Waals surface area contributed by atoms with Gasteiger partial charge in [0.1, 0.15) is 21.2 Å². The van der Waals surface area contributed by atoms with E-state index in [4.69, 9.17) is 68.8 Å². The quantitative estimate of drug-likeness (QED) is 0.0303. The van der Waals surface area contributed by atoms with Crippen LogP contribution in [-0.2, 0) is 36.7 Å². The second-order valence-corrected chi connectivity index (χ2v) is 40.3. The maximum Gasteiger partial charge on any atom is 0.337 e. The summed E-state index contributed by atoms with van der Waals surface area (Å²) >= 11 is 28.2. The average Bonchev–Trinajstić information content (AvgIpc) is 0.773. The predicted octanol–water partition coefficient (Wildman–Crippen LogP) is 27.2. The number of nitrogens with zero attached hydrogens (tertiary/aromatic N) is 6. The molecule has 4 atom stereocenters. The Balaban J connectivity index is 0.000000187. The molecule has 0 spiro atoms. The van der Waals surface area contributed by atoms with Gasteiger partial charge in [0.25, 0.3) is 23.0 Å². The molecule has 137 heavy (non-hydrogen) atoms. The molecule has 8 N–H and O–H groups in total. The monoisotopic (exact) mass is 1940 g/mol. The molecule has 13 aromatic rings. The van der Waals surface area contributed by atoms with Crippen LogP contribution in [0.4, 0.5) is 28.4 Å². The summed E-state index contributed by atoms with van der Waals surface area (Å²) in [6.45, 7) is 37.4. The summed E-state index contributed by atoms with van der Waals surface area (Å²) in [5.74, 6) is -1.98. The third-order valence-corrected chi connectivity index (χ3v) is 23.9. The number of carboxylic acids is 1. The van der Waals surface area contributed by atoms with Gasteiger partial charge in [-0.25, -0.2) is 24.7 Å². The first-order chi connectivity index (χ1) is 64.7. The van der Waals surface area contributed by atoms with Gasteiger partial charge in [-0.2, -0.15) is 0 Å². The minimum absolute atomic E-state index is 0.0230. The number of carbonyl (C=O) groups is 7. The van der Waals surface area contributed by atoms with Gasteiger partial charge < -0.3 is 42.3 Å². The van der Waals surface area contributed by atoms with Crippen molar-refractivity contribution in [1.82, 2.24) is 35.1 Å². The Hall–Kier alpha value is -12.8. The van der Waals surface area contributed by atoms with Crippen LogP contribution in [0.1, 0.15) is 244 Å². The summed E-state index contributed by atoms with van der Waals surface area (Å²) in [6.07, 6.45) is 10.9. The number of hydrogen-bond acceptors (Lipinski definition) is 14. The van der Waals surface area contributed by atoms with Gasteiger partial charge in [0.05, 0.1) is 50.8 Å². The van der Waals surface area contributed by atoms with Gasteiger partial charge in [-0.15, -0.1) is 0 Å². The number of nitrogens with one attached hydrogen (secondary N) is 5. The molecule has 5 aromatic heterocycles. The fraction of sp³-hybridized carbons (Fsp3) is 0.286. The lowest BCUT2D eigenvalue weighted by Gasteiger charge is -2.41. The number of nitrogens with two attached hydrogens (primary N) is 1. The Labute approximate surface area is 831 Å². The minimum Gasteiger partial charge on any atom is -0.478 e. The molecule has 0 unspecified atom stereocenters. The minimum atomic E-state index is -0.980. The van der Waals surface area contributed by atoms with Gasteiger partial charge in [0.15, 0.2) is 0 Å². The smallest absolute Gasteiger partial charge is 0.337 e. The van der Waals surface area contributed by atoms with Crippen molar-refractivity contribution < 1.29 is 38.7 Å². The lowest BCUT2D eigenvalue weighted by atomic mass is 9.83. The lowest BCUT2D eigenvalue weighted by Crippen LogP contribution is -2.46. The van der Waals surface area contributed by atoms with Gasteiger partial charge in [-0.05, 0) is 244 Å². The highest BCUT2D eigenvalue weighted by atomic mass is 35.5. The molecule has 0 saturated carbocycles. The van der Waals surface area contributed by atoms with E-state index in [9.17, 15) is 33.6 Å². The molecule has 714 valence electrons. The van der Waals surface area contributed by atoms with Gasteiger partial charge in [0.2, 0.25) is 11.8 Å². The number of aromatic nitrogens is 5. The first-order valence-electron chi connectivity index (χ1n) is 45.3. The highest BCUT2D eigenvalue weighted by Crippen LogP contribution is 2.40. The van der Waals surface area contributed by atoms with Crippen LogP contribution in [0.15, 0.2) is 292 Å². The first kappa shape index (κ1) is 108. The first-order valence-corrected chi connectivity index (χ1v) is 47.2. The topological polar surface area (TPSA) is 294 Å². The highest BCUT2D eigenvalue weighted by molar-refractivity contribution is 6.68. The van der Waals surface area contributed by atoms with E-state index < -0.39 is 11.2 Å². The number of anilines is 5. The zero-order valence-corrected chi connectivity index (χ0v) is 84.5. The third-order valence-electron chi connectivity index (χ3n) is 22.7. The molecule has 0 bridgehead atoms. The molecule has 5 amide bonds. The average molecular weight is 1940 g/mol. The fourth-order valence-corrected chi connectivity index (χ4v) is 16.1. The number of halogens is 5. The van der Waals surface area contributed by atoms with Crippen LogP contribution in [0.2, 0.25) is 20.5 Å².